The van der Waals surface area contributed by atoms with Crippen molar-refractivity contribution in [3.63, 3.8) is 0 Å². The van der Waals surface area contributed by atoms with Gasteiger partial charge in [0.25, 0.3) is 11.8 Å². The van der Waals surface area contributed by atoms with Gasteiger partial charge in [-0.1, -0.05) is 0 Å². The summed E-state index contributed by atoms with van der Waals surface area (Å²) in [5.74, 6) is -1.64. The van der Waals surface area contributed by atoms with Crippen LogP contribution < -0.4 is 10.2 Å². The van der Waals surface area contributed by atoms with Crippen molar-refractivity contribution < 1.29 is 29.3 Å². The van der Waals surface area contributed by atoms with Crippen LogP contribution in [0.3, 0.4) is 0 Å². The molecule has 1 heterocycles. The first-order chi connectivity index (χ1) is 14.9. The number of aliphatic hydroxyl groups is 1. The van der Waals surface area contributed by atoms with Crippen LogP contribution in [0, 0.1) is 13.8 Å². The van der Waals surface area contributed by atoms with Crippen LogP contribution in [0.25, 0.3) is 0 Å². The Morgan fingerprint density at radius 1 is 1.09 bits per heavy atom. The molecule has 0 spiro atoms. The van der Waals surface area contributed by atoms with Crippen LogP contribution in [-0.2, 0) is 0 Å². The number of hydrazine groups is 1. The average Bonchev–Trinajstić information content (AvgIpc) is 2.70. The standard InChI is InChI=1S/C24H28N2O6/c1-13-10-15(12-16(11-13)23(30)31)22(29)26(24(3,4)5)25-21(28)17-6-7-19-20(14(17)2)18(27)8-9-32-19/h6-7,10-12,18,27H,8-9H2,1-5H3,(H,25,28)(H,30,31). The number of fused-ring (bicyclic) bond motifs is 1. The van der Waals surface area contributed by atoms with Crippen molar-refractivity contribution in [1.29, 1.82) is 0 Å². The van der Waals surface area contributed by atoms with E-state index in [1.807, 2.05) is 0 Å². The Morgan fingerprint density at radius 2 is 1.75 bits per heavy atom. The van der Waals surface area contributed by atoms with E-state index in [1.54, 1.807) is 52.8 Å². The maximum Gasteiger partial charge on any atom is 0.335 e. The van der Waals surface area contributed by atoms with Crippen molar-refractivity contribution in [1.82, 2.24) is 10.4 Å². The summed E-state index contributed by atoms with van der Waals surface area (Å²) in [4.78, 5) is 37.9. The molecule has 0 aromatic heterocycles. The van der Waals surface area contributed by atoms with E-state index < -0.39 is 29.4 Å². The van der Waals surface area contributed by atoms with Crippen LogP contribution in [0.5, 0.6) is 5.75 Å². The van der Waals surface area contributed by atoms with Gasteiger partial charge in [0.15, 0.2) is 0 Å². The zero-order valence-corrected chi connectivity index (χ0v) is 18.9. The second-order valence-electron chi connectivity index (χ2n) is 8.95. The van der Waals surface area contributed by atoms with E-state index >= 15 is 0 Å². The molecule has 2 aromatic carbocycles. The molecule has 1 aliphatic heterocycles. The van der Waals surface area contributed by atoms with Gasteiger partial charge in [-0.2, -0.15) is 0 Å². The SMILES string of the molecule is Cc1cc(C(=O)O)cc(C(=O)N(NC(=O)c2ccc3c(c2C)C(O)CCO3)C(C)(C)C)c1. The molecule has 1 atom stereocenters. The van der Waals surface area contributed by atoms with Crippen molar-refractivity contribution in [2.75, 3.05) is 6.61 Å². The van der Waals surface area contributed by atoms with Crippen molar-refractivity contribution in [3.8, 4) is 5.75 Å². The number of nitrogens with one attached hydrogen (secondary N) is 1. The lowest BCUT2D eigenvalue weighted by molar-refractivity contribution is 0.0357. The van der Waals surface area contributed by atoms with E-state index in [4.69, 9.17) is 4.74 Å². The third-order valence-electron chi connectivity index (χ3n) is 5.36. The van der Waals surface area contributed by atoms with Gasteiger partial charge in [-0.25, -0.2) is 9.80 Å². The van der Waals surface area contributed by atoms with Gasteiger partial charge < -0.3 is 14.9 Å². The van der Waals surface area contributed by atoms with Crippen LogP contribution in [0.2, 0.25) is 0 Å². The molecule has 0 bridgehead atoms. The monoisotopic (exact) mass is 440 g/mol. The molecule has 170 valence electrons. The van der Waals surface area contributed by atoms with E-state index in [1.165, 1.54) is 17.1 Å². The fourth-order valence-corrected chi connectivity index (χ4v) is 3.76. The highest BCUT2D eigenvalue weighted by Gasteiger charge is 2.32. The molecular weight excluding hydrogens is 412 g/mol. The summed E-state index contributed by atoms with van der Waals surface area (Å²) >= 11 is 0. The average molecular weight is 440 g/mol. The second-order valence-corrected chi connectivity index (χ2v) is 8.95. The lowest BCUT2D eigenvalue weighted by atomic mass is 9.94. The predicted molar refractivity (Wildman–Crippen MR) is 118 cm³/mol. The summed E-state index contributed by atoms with van der Waals surface area (Å²) in [7, 11) is 0. The quantitative estimate of drug-likeness (QED) is 0.630. The number of ether oxygens (including phenoxy) is 1. The number of carboxylic acids is 1. The van der Waals surface area contributed by atoms with Gasteiger partial charge in [0, 0.05) is 23.1 Å². The first kappa shape index (κ1) is 23.3. The van der Waals surface area contributed by atoms with Crippen LogP contribution in [0.1, 0.15) is 81.1 Å². The second kappa shape index (κ2) is 8.63. The van der Waals surface area contributed by atoms with Crippen LogP contribution in [0.15, 0.2) is 30.3 Å². The summed E-state index contributed by atoms with van der Waals surface area (Å²) in [6.45, 7) is 9.12. The Morgan fingerprint density at radius 3 is 2.38 bits per heavy atom. The fourth-order valence-electron chi connectivity index (χ4n) is 3.76. The molecule has 0 fully saturated rings. The highest BCUT2D eigenvalue weighted by molar-refractivity contribution is 6.01. The minimum Gasteiger partial charge on any atom is -0.493 e. The number of carbonyl (C=O) groups excluding carboxylic acids is 2. The summed E-state index contributed by atoms with van der Waals surface area (Å²) in [6, 6.07) is 7.59. The van der Waals surface area contributed by atoms with E-state index in [-0.39, 0.29) is 11.1 Å². The zero-order valence-electron chi connectivity index (χ0n) is 18.9. The number of aryl methyl sites for hydroxylation is 1. The molecule has 3 N–H and O–H groups in total. The van der Waals surface area contributed by atoms with Crippen LogP contribution >= 0.6 is 0 Å². The Hall–Kier alpha value is -3.39. The lowest BCUT2D eigenvalue weighted by Crippen LogP contribution is -2.56. The molecule has 3 rings (SSSR count). The van der Waals surface area contributed by atoms with Crippen LogP contribution in [-0.4, -0.2) is 45.2 Å². The number of aromatic carboxylic acids is 1. The molecule has 0 aliphatic carbocycles. The molecule has 0 radical (unpaired) electrons. The number of carboxylic acid groups (broad SMARTS) is 1. The summed E-state index contributed by atoms with van der Waals surface area (Å²) in [5, 5.41) is 20.9. The van der Waals surface area contributed by atoms with Gasteiger partial charge in [0.05, 0.1) is 23.8 Å². The van der Waals surface area contributed by atoms with Gasteiger partial charge in [0.1, 0.15) is 5.75 Å². The molecule has 0 saturated heterocycles. The molecular formula is C24H28N2O6. The maximum absolute atomic E-state index is 13.3. The Kier molecular flexibility index (Phi) is 6.27. The molecule has 1 unspecified atom stereocenters. The van der Waals surface area contributed by atoms with Crippen molar-refractivity contribution in [2.24, 2.45) is 0 Å². The summed E-state index contributed by atoms with van der Waals surface area (Å²) in [6.07, 6.45) is -0.293. The van der Waals surface area contributed by atoms with Crippen molar-refractivity contribution in [3.05, 3.63) is 63.7 Å². The number of hydrogen-bond donors (Lipinski definition) is 3. The fraction of sp³-hybridized carbons (Fsp3) is 0.375. The highest BCUT2D eigenvalue weighted by atomic mass is 16.5. The van der Waals surface area contributed by atoms with Gasteiger partial charge in [-0.3, -0.25) is 15.0 Å². The minimum atomic E-state index is -1.14. The first-order valence-corrected chi connectivity index (χ1v) is 10.3. The molecule has 0 saturated carbocycles. The number of amides is 2. The van der Waals surface area contributed by atoms with E-state index in [2.05, 4.69) is 5.43 Å². The molecule has 2 amide bonds. The maximum atomic E-state index is 13.3. The predicted octanol–water partition coefficient (Wildman–Crippen LogP) is 3.40. The smallest absolute Gasteiger partial charge is 0.335 e. The molecule has 8 nitrogen and oxygen atoms in total. The molecule has 2 aromatic rings. The molecule has 32 heavy (non-hydrogen) atoms. The van der Waals surface area contributed by atoms with Gasteiger partial charge >= 0.3 is 5.97 Å². The van der Waals surface area contributed by atoms with Crippen molar-refractivity contribution in [2.45, 2.75) is 52.7 Å². The lowest BCUT2D eigenvalue weighted by Gasteiger charge is -2.36. The number of hydrogen-bond acceptors (Lipinski definition) is 5. The number of aliphatic hydroxyl groups excluding tert-OH is 1. The van der Waals surface area contributed by atoms with E-state index in [0.717, 1.165) is 0 Å². The van der Waals surface area contributed by atoms with E-state index in [9.17, 15) is 24.6 Å². The van der Waals surface area contributed by atoms with Crippen molar-refractivity contribution >= 4 is 17.8 Å². The number of carbonyl (C=O) groups is 3. The number of nitrogens with zero attached hydrogens (tertiary/aromatic N) is 1. The topological polar surface area (TPSA) is 116 Å². The largest absolute Gasteiger partial charge is 0.493 e. The highest BCUT2D eigenvalue weighted by Crippen LogP contribution is 2.36. The summed E-state index contributed by atoms with van der Waals surface area (Å²) in [5.41, 5.74) is 4.11. The number of benzene rings is 2. The Labute approximate surface area is 186 Å². The number of rotatable bonds is 3. The summed E-state index contributed by atoms with van der Waals surface area (Å²) < 4.78 is 5.58. The van der Waals surface area contributed by atoms with Gasteiger partial charge in [-0.15, -0.1) is 0 Å². The molecule has 1 aliphatic rings. The third kappa shape index (κ3) is 4.60. The van der Waals surface area contributed by atoms with E-state index in [0.29, 0.717) is 41.0 Å². The Balaban J connectivity index is 1.96. The third-order valence-corrected chi connectivity index (χ3v) is 5.36. The first-order valence-electron chi connectivity index (χ1n) is 10.3. The normalized spacial score (nSPS) is 15.4. The van der Waals surface area contributed by atoms with Crippen LogP contribution in [0.4, 0.5) is 0 Å². The minimum absolute atomic E-state index is 0.00643. The molecule has 8 heteroatoms. The zero-order chi connectivity index (χ0) is 23.8. The van der Waals surface area contributed by atoms with Gasteiger partial charge in [0.2, 0.25) is 0 Å². The Bertz CT molecular complexity index is 1090. The van der Waals surface area contributed by atoms with Gasteiger partial charge in [-0.05, 0) is 76.1 Å².